The van der Waals surface area contributed by atoms with Crippen molar-refractivity contribution >= 4 is 44.8 Å². The molecule has 2 rings (SSSR count). The van der Waals surface area contributed by atoms with E-state index in [0.29, 0.717) is 5.02 Å². The molecule has 4 heteroatoms. The molecule has 1 aromatic heterocycles. The van der Waals surface area contributed by atoms with Gasteiger partial charge in [0.05, 0.1) is 12.1 Å². The highest BCUT2D eigenvalue weighted by Gasteiger charge is 2.07. The van der Waals surface area contributed by atoms with E-state index in [1.807, 2.05) is 12.1 Å². The van der Waals surface area contributed by atoms with Gasteiger partial charge < -0.3 is 4.74 Å². The molecule has 1 heterocycles. The molecule has 2 aromatic rings. The SMILES string of the molecule is COc1cc2scc(SC)c2cc1Cl. The summed E-state index contributed by atoms with van der Waals surface area (Å²) in [6.45, 7) is 0. The summed E-state index contributed by atoms with van der Waals surface area (Å²) in [5.74, 6) is 0.744. The first-order chi connectivity index (χ1) is 6.76. The summed E-state index contributed by atoms with van der Waals surface area (Å²) in [7, 11) is 1.64. The molecule has 0 aliphatic heterocycles. The predicted octanol–water partition coefficient (Wildman–Crippen LogP) is 4.29. The molecule has 1 aromatic carbocycles. The van der Waals surface area contributed by atoms with Crippen LogP contribution in [0.25, 0.3) is 10.1 Å². The molecule has 0 unspecified atom stereocenters. The Hall–Kier alpha value is -0.380. The molecular formula is C10H9ClOS2. The fourth-order valence-corrected chi connectivity index (χ4v) is 3.38. The van der Waals surface area contributed by atoms with E-state index in [0.717, 1.165) is 5.75 Å². The maximum absolute atomic E-state index is 6.06. The van der Waals surface area contributed by atoms with Gasteiger partial charge in [0.25, 0.3) is 0 Å². The van der Waals surface area contributed by atoms with Crippen molar-refractivity contribution in [1.29, 1.82) is 0 Å². The number of halogens is 1. The Kier molecular flexibility index (Phi) is 2.91. The maximum Gasteiger partial charge on any atom is 0.138 e. The third-order valence-corrected chi connectivity index (χ3v) is 4.20. The first-order valence-corrected chi connectivity index (χ1v) is 6.53. The topological polar surface area (TPSA) is 9.23 Å². The van der Waals surface area contributed by atoms with E-state index in [2.05, 4.69) is 11.6 Å². The number of ether oxygens (including phenoxy) is 1. The average molecular weight is 245 g/mol. The maximum atomic E-state index is 6.06. The molecule has 0 amide bonds. The highest BCUT2D eigenvalue weighted by Crippen LogP contribution is 2.38. The summed E-state index contributed by atoms with van der Waals surface area (Å²) in [5, 5.41) is 4.03. The summed E-state index contributed by atoms with van der Waals surface area (Å²) in [4.78, 5) is 1.27. The standard InChI is InChI=1S/C10H9ClOS2/c1-12-8-4-9-6(3-7(8)11)10(13-2)5-14-9/h3-5H,1-2H3. The fraction of sp³-hybridized carbons (Fsp3) is 0.200. The highest BCUT2D eigenvalue weighted by molar-refractivity contribution is 7.99. The molecule has 0 N–H and O–H groups in total. The zero-order valence-corrected chi connectivity index (χ0v) is 10.2. The molecule has 0 saturated heterocycles. The van der Waals surface area contributed by atoms with Crippen LogP contribution in [0.4, 0.5) is 0 Å². The van der Waals surface area contributed by atoms with Crippen LogP contribution in [0.15, 0.2) is 22.4 Å². The monoisotopic (exact) mass is 244 g/mol. The van der Waals surface area contributed by atoms with E-state index in [9.17, 15) is 0 Å². The summed E-state index contributed by atoms with van der Waals surface area (Å²) < 4.78 is 6.38. The molecule has 1 nitrogen and oxygen atoms in total. The summed E-state index contributed by atoms with van der Waals surface area (Å²) in [5.41, 5.74) is 0. The van der Waals surface area contributed by atoms with Crippen LogP contribution in [0.3, 0.4) is 0 Å². The van der Waals surface area contributed by atoms with Gasteiger partial charge in [0.2, 0.25) is 0 Å². The first kappa shape index (κ1) is 10.1. The predicted molar refractivity (Wildman–Crippen MR) is 65.2 cm³/mol. The zero-order chi connectivity index (χ0) is 10.1. The summed E-state index contributed by atoms with van der Waals surface area (Å²) in [6.07, 6.45) is 2.07. The number of benzene rings is 1. The normalized spacial score (nSPS) is 10.8. The summed E-state index contributed by atoms with van der Waals surface area (Å²) >= 11 is 9.51. The van der Waals surface area contributed by atoms with Crippen LogP contribution in [0, 0.1) is 0 Å². The van der Waals surface area contributed by atoms with Crippen LogP contribution in [-0.4, -0.2) is 13.4 Å². The molecule has 74 valence electrons. The van der Waals surface area contributed by atoms with E-state index < -0.39 is 0 Å². The summed E-state index contributed by atoms with van der Waals surface area (Å²) in [6, 6.07) is 3.96. The number of fused-ring (bicyclic) bond motifs is 1. The second-order valence-corrected chi connectivity index (χ2v) is 4.95. The third kappa shape index (κ3) is 1.60. The Morgan fingerprint density at radius 2 is 2.21 bits per heavy atom. The average Bonchev–Trinajstić information content (AvgIpc) is 2.58. The van der Waals surface area contributed by atoms with Gasteiger partial charge in [-0.3, -0.25) is 0 Å². The van der Waals surface area contributed by atoms with Crippen LogP contribution >= 0.6 is 34.7 Å². The van der Waals surface area contributed by atoms with Gasteiger partial charge >= 0.3 is 0 Å². The molecule has 0 atom stereocenters. The molecule has 0 radical (unpaired) electrons. The van der Waals surface area contributed by atoms with Gasteiger partial charge in [0.15, 0.2) is 0 Å². The number of hydrogen-bond acceptors (Lipinski definition) is 3. The van der Waals surface area contributed by atoms with E-state index >= 15 is 0 Å². The minimum absolute atomic E-state index is 0.675. The second kappa shape index (κ2) is 4.01. The number of thioether (sulfide) groups is 1. The molecule has 0 spiro atoms. The van der Waals surface area contributed by atoms with Crippen LogP contribution in [0.2, 0.25) is 5.02 Å². The van der Waals surface area contributed by atoms with Crippen molar-refractivity contribution in [1.82, 2.24) is 0 Å². The van der Waals surface area contributed by atoms with Crippen LogP contribution in [0.1, 0.15) is 0 Å². The lowest BCUT2D eigenvalue weighted by atomic mass is 10.2. The van der Waals surface area contributed by atoms with E-state index in [4.69, 9.17) is 16.3 Å². The van der Waals surface area contributed by atoms with Gasteiger partial charge in [-0.25, -0.2) is 0 Å². The Labute approximate surface area is 96.0 Å². The number of rotatable bonds is 2. The molecule has 0 aliphatic rings. The van der Waals surface area contributed by atoms with Crippen molar-refractivity contribution in [3.8, 4) is 5.75 Å². The zero-order valence-electron chi connectivity index (χ0n) is 7.83. The fourth-order valence-electron chi connectivity index (χ4n) is 1.32. The van der Waals surface area contributed by atoms with Crippen molar-refractivity contribution in [2.45, 2.75) is 4.90 Å². The minimum Gasteiger partial charge on any atom is -0.495 e. The Morgan fingerprint density at radius 3 is 2.86 bits per heavy atom. The van der Waals surface area contributed by atoms with E-state index in [1.54, 1.807) is 30.2 Å². The largest absolute Gasteiger partial charge is 0.495 e. The van der Waals surface area contributed by atoms with Crippen molar-refractivity contribution in [3.63, 3.8) is 0 Å². The third-order valence-electron chi connectivity index (χ3n) is 2.03. The van der Waals surface area contributed by atoms with Crippen LogP contribution in [0.5, 0.6) is 5.75 Å². The molecular weight excluding hydrogens is 236 g/mol. The van der Waals surface area contributed by atoms with Gasteiger partial charge in [-0.1, -0.05) is 11.6 Å². The van der Waals surface area contributed by atoms with E-state index in [-0.39, 0.29) is 0 Å². The van der Waals surface area contributed by atoms with Gasteiger partial charge in [-0.2, -0.15) is 0 Å². The molecule has 0 bridgehead atoms. The molecule has 0 fully saturated rings. The Balaban J connectivity index is 2.69. The molecule has 0 aliphatic carbocycles. The number of thiophene rings is 1. The lowest BCUT2D eigenvalue weighted by molar-refractivity contribution is 0.415. The van der Waals surface area contributed by atoms with Gasteiger partial charge in [0, 0.05) is 20.4 Å². The van der Waals surface area contributed by atoms with Crippen molar-refractivity contribution in [2.75, 3.05) is 13.4 Å². The first-order valence-electron chi connectivity index (χ1n) is 4.05. The number of methoxy groups -OCH3 is 1. The van der Waals surface area contributed by atoms with Crippen LogP contribution in [-0.2, 0) is 0 Å². The van der Waals surface area contributed by atoms with Crippen molar-refractivity contribution < 1.29 is 4.74 Å². The lowest BCUT2D eigenvalue weighted by Gasteiger charge is -2.02. The molecule has 0 saturated carbocycles. The Bertz CT molecular complexity index is 464. The minimum atomic E-state index is 0.675. The quantitative estimate of drug-likeness (QED) is 0.729. The van der Waals surface area contributed by atoms with E-state index in [1.165, 1.54) is 15.0 Å². The smallest absolute Gasteiger partial charge is 0.138 e. The lowest BCUT2D eigenvalue weighted by Crippen LogP contribution is -1.82. The van der Waals surface area contributed by atoms with Crippen molar-refractivity contribution in [3.05, 3.63) is 22.5 Å². The molecule has 14 heavy (non-hydrogen) atoms. The van der Waals surface area contributed by atoms with Crippen LogP contribution < -0.4 is 4.74 Å². The highest BCUT2D eigenvalue weighted by atomic mass is 35.5. The van der Waals surface area contributed by atoms with Gasteiger partial charge in [-0.05, 0) is 18.4 Å². The number of hydrogen-bond donors (Lipinski definition) is 0. The van der Waals surface area contributed by atoms with Crippen molar-refractivity contribution in [2.24, 2.45) is 0 Å². The Morgan fingerprint density at radius 1 is 1.43 bits per heavy atom. The van der Waals surface area contributed by atoms with Gasteiger partial charge in [-0.15, -0.1) is 23.1 Å². The van der Waals surface area contributed by atoms with Gasteiger partial charge in [0.1, 0.15) is 5.75 Å². The second-order valence-electron chi connectivity index (χ2n) is 2.79.